The Hall–Kier alpha value is -2.51. The van der Waals surface area contributed by atoms with Gasteiger partial charge < -0.3 is 19.6 Å². The van der Waals surface area contributed by atoms with Crippen molar-refractivity contribution < 1.29 is 32.6 Å². The number of carboxylic acids is 1. The van der Waals surface area contributed by atoms with Crippen LogP contribution >= 0.6 is 11.3 Å². The molecule has 9 nitrogen and oxygen atoms in total. The fourth-order valence-corrected chi connectivity index (χ4v) is 3.34. The fraction of sp³-hybridized carbons (Fsp3) is 0.556. The quantitative estimate of drug-likeness (QED) is 0.655. The number of likely N-dealkylation sites (N-methyl/N-ethyl adjacent to an activating group) is 1. The van der Waals surface area contributed by atoms with E-state index in [4.69, 9.17) is 14.6 Å². The number of amides is 1. The molecule has 0 atom stereocenters. The van der Waals surface area contributed by atoms with Gasteiger partial charge in [-0.05, 0) is 32.0 Å². The molecule has 1 amide bonds. The van der Waals surface area contributed by atoms with Crippen molar-refractivity contribution >= 4 is 23.2 Å². The molecule has 31 heavy (non-hydrogen) atoms. The number of halogens is 3. The molecule has 3 rings (SSSR count). The third kappa shape index (κ3) is 7.60. The van der Waals surface area contributed by atoms with Gasteiger partial charge in [0.1, 0.15) is 5.69 Å². The van der Waals surface area contributed by atoms with Crippen molar-refractivity contribution in [2.75, 3.05) is 33.8 Å². The first-order valence-corrected chi connectivity index (χ1v) is 10.2. The average molecular weight is 463 g/mol. The molecule has 3 heterocycles. The van der Waals surface area contributed by atoms with E-state index in [1.807, 2.05) is 41.2 Å². The van der Waals surface area contributed by atoms with Gasteiger partial charge in [-0.1, -0.05) is 11.3 Å². The largest absolute Gasteiger partial charge is 0.490 e. The maximum Gasteiger partial charge on any atom is 0.490 e. The summed E-state index contributed by atoms with van der Waals surface area (Å²) in [6.45, 7) is 4.01. The highest BCUT2D eigenvalue weighted by Gasteiger charge is 2.38. The summed E-state index contributed by atoms with van der Waals surface area (Å²) in [7, 11) is 4.03. The Balaban J connectivity index is 0.000000423. The molecule has 2 aromatic rings. The lowest BCUT2D eigenvalue weighted by Gasteiger charge is -2.19. The highest BCUT2D eigenvalue weighted by atomic mass is 32.1. The number of aryl methyl sites for hydroxylation is 1. The maximum atomic E-state index is 12.6. The highest BCUT2D eigenvalue weighted by Crippen LogP contribution is 2.19. The minimum absolute atomic E-state index is 0.0825. The predicted molar refractivity (Wildman–Crippen MR) is 106 cm³/mol. The van der Waals surface area contributed by atoms with E-state index in [1.165, 1.54) is 11.3 Å². The molecule has 0 radical (unpaired) electrons. The fourth-order valence-electron chi connectivity index (χ4n) is 2.65. The number of ether oxygens (including phenoxy) is 1. The minimum Gasteiger partial charge on any atom is -0.475 e. The van der Waals surface area contributed by atoms with Crippen molar-refractivity contribution in [2.24, 2.45) is 0 Å². The Morgan fingerprint density at radius 2 is 2.03 bits per heavy atom. The van der Waals surface area contributed by atoms with Gasteiger partial charge in [0.25, 0.3) is 5.91 Å². The summed E-state index contributed by atoms with van der Waals surface area (Å²) in [6, 6.07) is 3.78. The van der Waals surface area contributed by atoms with Crippen LogP contribution in [0, 0.1) is 0 Å². The maximum absolute atomic E-state index is 12.6. The molecule has 0 spiro atoms. The van der Waals surface area contributed by atoms with E-state index in [0.29, 0.717) is 19.8 Å². The number of aliphatic carboxylic acids is 1. The Labute approximate surface area is 181 Å². The predicted octanol–water partition coefficient (Wildman–Crippen LogP) is 2.10. The molecule has 1 aliphatic rings. The SMILES string of the molecule is CN(C)CCOCc1nnn2c1CN(C(=O)c1cccs1)CCC2.O=C(O)C(F)(F)F. The molecular formula is C18H24F3N5O4S. The standard InChI is InChI=1S/C16H23N5O2S.C2HF3O2/c1-19(2)8-9-23-12-13-14-11-20(6-4-7-21(14)18-17-13)16(22)15-5-3-10-24-15;3-2(4,5)1(6)7/h3,5,10H,4,6-9,11-12H2,1-2H3;(H,6,7). The average Bonchev–Trinajstić information content (AvgIpc) is 3.30. The van der Waals surface area contributed by atoms with Crippen LogP contribution in [-0.4, -0.2) is 81.7 Å². The van der Waals surface area contributed by atoms with E-state index in [0.717, 1.165) is 42.3 Å². The summed E-state index contributed by atoms with van der Waals surface area (Å²) in [5.74, 6) is -2.67. The van der Waals surface area contributed by atoms with Crippen LogP contribution in [0.15, 0.2) is 17.5 Å². The summed E-state index contributed by atoms with van der Waals surface area (Å²) in [6.07, 6.45) is -4.20. The number of nitrogens with zero attached hydrogens (tertiary/aromatic N) is 5. The molecule has 0 saturated heterocycles. The normalized spacial score (nSPS) is 13.9. The number of thiophene rings is 1. The van der Waals surface area contributed by atoms with Crippen LogP contribution in [-0.2, 0) is 29.2 Å². The first-order chi connectivity index (χ1) is 14.6. The first kappa shape index (κ1) is 24.8. The van der Waals surface area contributed by atoms with E-state index in [-0.39, 0.29) is 5.91 Å². The number of hydrogen-bond donors (Lipinski definition) is 1. The third-order valence-electron chi connectivity index (χ3n) is 4.24. The zero-order chi connectivity index (χ0) is 23.0. The Morgan fingerprint density at radius 3 is 2.61 bits per heavy atom. The monoisotopic (exact) mass is 463 g/mol. The molecule has 0 saturated carbocycles. The van der Waals surface area contributed by atoms with Crippen LogP contribution in [0.5, 0.6) is 0 Å². The Bertz CT molecular complexity index is 855. The highest BCUT2D eigenvalue weighted by molar-refractivity contribution is 7.12. The van der Waals surface area contributed by atoms with Gasteiger partial charge in [-0.2, -0.15) is 13.2 Å². The van der Waals surface area contributed by atoms with Crippen molar-refractivity contribution in [3.05, 3.63) is 33.8 Å². The van der Waals surface area contributed by atoms with Gasteiger partial charge in [0.05, 0.1) is 30.3 Å². The van der Waals surface area contributed by atoms with E-state index in [9.17, 15) is 18.0 Å². The van der Waals surface area contributed by atoms with Crippen LogP contribution in [0.2, 0.25) is 0 Å². The second-order valence-corrected chi connectivity index (χ2v) is 7.87. The third-order valence-corrected chi connectivity index (χ3v) is 5.10. The van der Waals surface area contributed by atoms with Crippen molar-refractivity contribution in [2.45, 2.75) is 32.3 Å². The minimum atomic E-state index is -5.08. The van der Waals surface area contributed by atoms with Crippen molar-refractivity contribution in [3.63, 3.8) is 0 Å². The molecule has 0 aliphatic carbocycles. The molecule has 0 aromatic carbocycles. The van der Waals surface area contributed by atoms with Crippen molar-refractivity contribution in [1.29, 1.82) is 0 Å². The number of carbonyl (C=O) groups excluding carboxylic acids is 1. The second kappa shape index (κ2) is 11.2. The second-order valence-electron chi connectivity index (χ2n) is 6.92. The zero-order valence-electron chi connectivity index (χ0n) is 17.1. The first-order valence-electron chi connectivity index (χ1n) is 9.36. The van der Waals surface area contributed by atoms with E-state index in [2.05, 4.69) is 15.2 Å². The van der Waals surface area contributed by atoms with Crippen LogP contribution in [0.3, 0.4) is 0 Å². The number of rotatable bonds is 6. The molecule has 1 aliphatic heterocycles. The van der Waals surface area contributed by atoms with Gasteiger partial charge in [-0.15, -0.1) is 16.4 Å². The molecule has 1 N–H and O–H groups in total. The van der Waals surface area contributed by atoms with E-state index in [1.54, 1.807) is 0 Å². The smallest absolute Gasteiger partial charge is 0.475 e. The van der Waals surface area contributed by atoms with Crippen LogP contribution < -0.4 is 0 Å². The molecular weight excluding hydrogens is 439 g/mol. The Morgan fingerprint density at radius 1 is 1.32 bits per heavy atom. The number of carboxylic acid groups (broad SMARTS) is 1. The number of fused-ring (bicyclic) bond motifs is 1. The van der Waals surface area contributed by atoms with Crippen molar-refractivity contribution in [3.8, 4) is 0 Å². The summed E-state index contributed by atoms with van der Waals surface area (Å²) >= 11 is 1.48. The van der Waals surface area contributed by atoms with Crippen LogP contribution in [0.4, 0.5) is 13.2 Å². The summed E-state index contributed by atoms with van der Waals surface area (Å²) in [4.78, 5) is 26.3. The van der Waals surface area contributed by atoms with Gasteiger partial charge in [0, 0.05) is 19.6 Å². The summed E-state index contributed by atoms with van der Waals surface area (Å²) < 4.78 is 39.4. The summed E-state index contributed by atoms with van der Waals surface area (Å²) in [5, 5.41) is 17.5. The van der Waals surface area contributed by atoms with Gasteiger partial charge in [0.2, 0.25) is 0 Å². The van der Waals surface area contributed by atoms with Gasteiger partial charge in [0.15, 0.2) is 0 Å². The van der Waals surface area contributed by atoms with E-state index >= 15 is 0 Å². The zero-order valence-corrected chi connectivity index (χ0v) is 17.9. The molecule has 0 unspecified atom stereocenters. The lowest BCUT2D eigenvalue weighted by Crippen LogP contribution is -2.30. The number of hydrogen-bond acceptors (Lipinski definition) is 7. The lowest BCUT2D eigenvalue weighted by atomic mass is 10.3. The molecule has 0 bridgehead atoms. The Kier molecular flexibility index (Phi) is 8.95. The molecule has 2 aromatic heterocycles. The molecule has 0 fully saturated rings. The number of carbonyl (C=O) groups is 2. The topological polar surface area (TPSA) is 101 Å². The number of aromatic nitrogens is 3. The van der Waals surface area contributed by atoms with Gasteiger partial charge in [-0.25, -0.2) is 9.48 Å². The van der Waals surface area contributed by atoms with Crippen LogP contribution in [0.1, 0.15) is 27.5 Å². The molecule has 172 valence electrons. The van der Waals surface area contributed by atoms with Gasteiger partial charge >= 0.3 is 12.1 Å². The number of alkyl halides is 3. The molecule has 13 heteroatoms. The summed E-state index contributed by atoms with van der Waals surface area (Å²) in [5.41, 5.74) is 1.82. The van der Waals surface area contributed by atoms with E-state index < -0.39 is 12.1 Å². The lowest BCUT2D eigenvalue weighted by molar-refractivity contribution is -0.192. The van der Waals surface area contributed by atoms with Crippen molar-refractivity contribution in [1.82, 2.24) is 24.8 Å². The van der Waals surface area contributed by atoms with Gasteiger partial charge in [-0.3, -0.25) is 4.79 Å². The van der Waals surface area contributed by atoms with Crippen LogP contribution in [0.25, 0.3) is 0 Å².